The predicted octanol–water partition coefficient (Wildman–Crippen LogP) is 19.4. The third kappa shape index (κ3) is 17.7. The number of benzene rings is 3. The second-order valence-corrected chi connectivity index (χ2v) is 36.5. The van der Waals surface area contributed by atoms with Gasteiger partial charge < -0.3 is 46.6 Å². The molecule has 12 heterocycles. The van der Waals surface area contributed by atoms with Gasteiger partial charge in [0, 0.05) is 112 Å². The second kappa shape index (κ2) is 40.3. The summed E-state index contributed by atoms with van der Waals surface area (Å²) in [7, 11) is 0. The van der Waals surface area contributed by atoms with Gasteiger partial charge in [0.1, 0.15) is 68.9 Å². The number of amides is 3. The predicted molar refractivity (Wildman–Crippen MR) is 521 cm³/mol. The molecule has 12 aromatic rings. The van der Waals surface area contributed by atoms with Gasteiger partial charge in [0.15, 0.2) is 46.5 Å². The molecule has 15 rings (SSSR count). The number of nitriles is 3. The molecule has 27 nitrogen and oxygen atoms in total. The van der Waals surface area contributed by atoms with Gasteiger partial charge in [-0.1, -0.05) is 142 Å². The zero-order valence-electron chi connectivity index (χ0n) is 75.8. The highest BCUT2D eigenvalue weighted by Crippen LogP contribution is 2.49. The van der Waals surface area contributed by atoms with Crippen molar-refractivity contribution >= 4 is 166 Å². The summed E-state index contributed by atoms with van der Waals surface area (Å²) in [6, 6.07) is 14.4. The maximum absolute atomic E-state index is 15.6. The highest BCUT2D eigenvalue weighted by Gasteiger charge is 2.40. The van der Waals surface area contributed by atoms with Crippen LogP contribution in [-0.4, -0.2) is 153 Å². The lowest BCUT2D eigenvalue weighted by Gasteiger charge is -2.41. The first kappa shape index (κ1) is 102. The van der Waals surface area contributed by atoms with Gasteiger partial charge in [0.2, 0.25) is 17.7 Å². The highest BCUT2D eigenvalue weighted by atomic mass is 35.5. The van der Waals surface area contributed by atoms with Crippen LogP contribution in [0.15, 0.2) is 107 Å². The van der Waals surface area contributed by atoms with Crippen LogP contribution < -0.4 is 48.6 Å². The Morgan fingerprint density at radius 2 is 0.652 bits per heavy atom. The molecule has 3 aliphatic heterocycles. The molecule has 6 N–H and O–H groups in total. The van der Waals surface area contributed by atoms with Crippen LogP contribution in [0.5, 0.6) is 0 Å². The molecule has 9 aromatic heterocycles. The molecule has 3 aliphatic rings. The number of carbonyl (C=O) groups excluding carboxylic acids is 3. The van der Waals surface area contributed by atoms with E-state index in [1.165, 1.54) is 50.1 Å². The zero-order chi connectivity index (χ0) is 101. The van der Waals surface area contributed by atoms with E-state index in [0.717, 1.165) is 0 Å². The van der Waals surface area contributed by atoms with Crippen molar-refractivity contribution in [2.45, 2.75) is 119 Å². The van der Waals surface area contributed by atoms with Gasteiger partial charge in [-0.05, 0) is 131 Å². The van der Waals surface area contributed by atoms with Gasteiger partial charge in [-0.3, -0.25) is 57.4 Å². The first-order chi connectivity index (χ1) is 65.2. The number of aromatic nitrogens is 9. The fourth-order valence-electron chi connectivity index (χ4n) is 17.5. The van der Waals surface area contributed by atoms with Crippen molar-refractivity contribution in [2.24, 2.45) is 0 Å². The average Bonchev–Trinajstić information content (AvgIpc) is 0.726. The molecule has 3 aromatic carbocycles. The fourth-order valence-corrected chi connectivity index (χ4v) is 19.2. The molecule has 0 spiro atoms. The van der Waals surface area contributed by atoms with E-state index in [4.69, 9.17) is 103 Å². The van der Waals surface area contributed by atoms with Crippen LogP contribution in [0.1, 0.15) is 131 Å². The number of nitrogens with two attached hydrogens (primary N) is 3. The summed E-state index contributed by atoms with van der Waals surface area (Å²) < 4.78 is 123. The summed E-state index contributed by atoms with van der Waals surface area (Å²) in [6.45, 7) is 35.0. The van der Waals surface area contributed by atoms with Gasteiger partial charge in [-0.15, -0.1) is 0 Å². The smallest absolute Gasteiger partial charge is 0.276 e. The Kier molecular flexibility index (Phi) is 29.8. The number of rotatable bonds is 15. The van der Waals surface area contributed by atoms with Crippen LogP contribution >= 0.6 is 81.2 Å². The van der Waals surface area contributed by atoms with Crippen molar-refractivity contribution < 1.29 is 49.5 Å². The maximum Gasteiger partial charge on any atom is 0.276 e. The molecular weight excluding hydrogens is 1940 g/mol. The zero-order valence-corrected chi connectivity index (χ0v) is 81.1. The molecule has 0 aliphatic carbocycles. The third-order valence-electron chi connectivity index (χ3n) is 24.1. The van der Waals surface area contributed by atoms with Crippen LogP contribution in [-0.2, 0) is 14.4 Å². The van der Waals surface area contributed by atoms with Gasteiger partial charge in [0.25, 0.3) is 16.7 Å². The number of anilines is 6. The molecule has 0 radical (unpaired) electrons. The molecule has 3 saturated heterocycles. The minimum Gasteiger partial charge on any atom is -0.394 e. The monoisotopic (exact) mass is 2020 g/mol. The molecule has 3 fully saturated rings. The number of pyridine rings is 9. The Balaban J connectivity index is 0.000000175. The average molecular weight is 2030 g/mol. The van der Waals surface area contributed by atoms with E-state index in [1.54, 1.807) is 82.1 Å². The van der Waals surface area contributed by atoms with Crippen molar-refractivity contribution in [1.29, 1.82) is 15.8 Å². The largest absolute Gasteiger partial charge is 0.394 e. The van der Waals surface area contributed by atoms with E-state index in [2.05, 4.69) is 50.7 Å². The molecule has 714 valence electrons. The minimum atomic E-state index is -1.67. The summed E-state index contributed by atoms with van der Waals surface area (Å²) in [4.78, 5) is 118. The summed E-state index contributed by atoms with van der Waals surface area (Å²) in [5.41, 5.74) is 12.8. The minimum absolute atomic E-state index is 0.00290. The summed E-state index contributed by atoms with van der Waals surface area (Å²) in [5, 5.41) is 28.4. The Morgan fingerprint density at radius 3 is 0.891 bits per heavy atom. The molecule has 0 unspecified atom stereocenters. The maximum atomic E-state index is 15.6. The van der Waals surface area contributed by atoms with Gasteiger partial charge in [-0.2, -0.15) is 15.8 Å². The number of aryl methyl sites for hydroxylation is 3. The lowest BCUT2D eigenvalue weighted by atomic mass is 10.0. The van der Waals surface area contributed by atoms with Crippen LogP contribution in [0.3, 0.4) is 0 Å². The molecule has 0 saturated carbocycles. The van der Waals surface area contributed by atoms with Crippen LogP contribution in [0.2, 0.25) is 35.2 Å². The second-order valence-electron chi connectivity index (χ2n) is 33.8. The molecule has 42 heteroatoms. The number of piperazine rings is 3. The van der Waals surface area contributed by atoms with Crippen molar-refractivity contribution in [1.82, 2.24) is 58.3 Å². The van der Waals surface area contributed by atoms with Crippen molar-refractivity contribution in [3.63, 3.8) is 0 Å². The quantitative estimate of drug-likeness (QED) is 0.0282. The van der Waals surface area contributed by atoms with Crippen LogP contribution in [0, 0.1) is 101 Å². The molecule has 138 heavy (non-hydrogen) atoms. The van der Waals surface area contributed by atoms with E-state index in [-0.39, 0.29) is 200 Å². The third-order valence-corrected chi connectivity index (χ3v) is 26.5. The van der Waals surface area contributed by atoms with Crippen LogP contribution in [0.25, 0.3) is 83.9 Å². The van der Waals surface area contributed by atoms with Gasteiger partial charge in [-0.25, -0.2) is 50.1 Å². The highest BCUT2D eigenvalue weighted by molar-refractivity contribution is 6.45. The van der Waals surface area contributed by atoms with Gasteiger partial charge in [0.05, 0.1) is 120 Å². The Morgan fingerprint density at radius 1 is 0.399 bits per heavy atom. The van der Waals surface area contributed by atoms with E-state index in [9.17, 15) is 66.5 Å². The van der Waals surface area contributed by atoms with Crippen LogP contribution in [0.4, 0.5) is 69.2 Å². The number of nitrogens with zero attached hydrogens (tertiary/aromatic N) is 18. The standard InChI is InChI=1S/C32H28Cl3F2N7O2.2C32H28Cl2F3N7O2/c1-6-20(45)43-10-9-42(13-16(43)5)30-17-11-19(33)28(21-22(34)23(35)25(37)26(39)24(21)36)41-31(17)44(32(46)18(30)12-38)29-15(4)7-8-40-27(29)14(2)3;2*1-6-20(45)43-10-9-42(13-16(43)5)30-17-11-19(33)28(21-22(34)24(36)25(37)26(39)23(21)35)41-31(17)44(32(46)18(30)12-38)29-15(4)7-8-40-27(29)14(2)3/h3*6-8,11,14,16H,1,9-10,13,39H2,2-5H3/t3*16-/m111/s1. The number of hydrogen-bond acceptors (Lipinski definition) is 21. The molecule has 0 bridgehead atoms. The van der Waals surface area contributed by atoms with E-state index >= 15 is 13.2 Å². The first-order valence-corrected chi connectivity index (χ1v) is 45.2. The van der Waals surface area contributed by atoms with E-state index < -0.39 is 128 Å². The lowest BCUT2D eigenvalue weighted by molar-refractivity contribution is -0.129. The van der Waals surface area contributed by atoms with Crippen molar-refractivity contribution in [3.05, 3.63) is 256 Å². The molecular formula is C96H84Cl7F8N21O6. The van der Waals surface area contributed by atoms with Crippen molar-refractivity contribution in [3.8, 4) is 69.0 Å². The van der Waals surface area contributed by atoms with Crippen molar-refractivity contribution in [2.75, 3.05) is 90.8 Å². The SMILES string of the molecule is C=CC(=O)N1CCN(c2c(C#N)c(=O)n(-c3c(C)ccnc3C(C)C)c3nc(-c4c(F)c(N)c(F)c(Cl)c4Cl)c(Cl)cc23)C[C@H]1C.C=CC(=O)N1CCN(c2c(C#N)c(=O)n(-c3c(C)ccnc3C(C)C)c3nc(-c4c(F)c(N)c(F)c(F)c4Cl)c(Cl)cc23)C[C@H]1C.C=CC(=O)N1CCN(c2c(C#N)c(=O)n(-c3c(C)ccnc3C(C)C)c3nc(-c4c(F)c(N)c(F)c(F)c4Cl)c(Cl)cc23)C[C@H]1C. The van der Waals surface area contributed by atoms with E-state index in [1.807, 2.05) is 79.4 Å². The molecule has 3 amide bonds. The Labute approximate surface area is 819 Å². The summed E-state index contributed by atoms with van der Waals surface area (Å²) >= 11 is 44.8. The summed E-state index contributed by atoms with van der Waals surface area (Å²) in [6.07, 6.45) is 8.44. The number of carbonyl (C=O) groups is 3. The fraction of sp³-hybridized carbons (Fsp3) is 0.281. The topological polar surface area (TPSA) is 363 Å². The summed E-state index contributed by atoms with van der Waals surface area (Å²) in [5.74, 6) is -13.1. The number of fused-ring (bicyclic) bond motifs is 3. The van der Waals surface area contributed by atoms with Gasteiger partial charge >= 0.3 is 0 Å². The normalized spacial score (nSPS) is 15.0. The Bertz CT molecular complexity index is 6790. The lowest BCUT2D eigenvalue weighted by Crippen LogP contribution is -2.54. The number of hydrogen-bond donors (Lipinski definition) is 3. The number of nitrogen functional groups attached to an aromatic ring is 3. The Hall–Kier alpha value is -13.4. The van der Waals surface area contributed by atoms with E-state index in [0.29, 0.717) is 50.8 Å². The first-order valence-electron chi connectivity index (χ1n) is 42.6. The molecule has 3 atom stereocenters. The number of halogens is 15.